The van der Waals surface area contributed by atoms with E-state index in [0.29, 0.717) is 17.0 Å². The van der Waals surface area contributed by atoms with Gasteiger partial charge in [-0.2, -0.15) is 5.10 Å². The van der Waals surface area contributed by atoms with Crippen molar-refractivity contribution >= 4 is 0 Å². The van der Waals surface area contributed by atoms with E-state index >= 15 is 0 Å². The molecule has 7 heteroatoms. The third-order valence-electron chi connectivity index (χ3n) is 5.04. The van der Waals surface area contributed by atoms with Gasteiger partial charge in [0.15, 0.2) is 17.1 Å². The molecule has 140 valence electrons. The second-order valence-corrected chi connectivity index (χ2v) is 6.92. The van der Waals surface area contributed by atoms with Crippen LogP contribution in [0.3, 0.4) is 0 Å². The monoisotopic (exact) mass is 370 g/mol. The van der Waals surface area contributed by atoms with Crippen LogP contribution in [0.2, 0.25) is 0 Å². The maximum Gasteiger partial charge on any atom is 0.264 e. The number of halogens is 2. The summed E-state index contributed by atoms with van der Waals surface area (Å²) in [6.07, 6.45) is 3.04. The molecule has 4 rings (SSSR count). The summed E-state index contributed by atoms with van der Waals surface area (Å²) in [6.45, 7) is 1.80. The molecule has 0 amide bonds. The number of H-pyrrole nitrogens is 1. The standard InChI is InChI=1S/C20H20F2N4O/c1-12-10-17(27)16(11-23-12)20-24-19(25-26(20)13-6-2-3-7-13)15-9-5-4-8-14(15)18(21)22/h4-5,8-11,13,18H,2-3,6-7H2,1H3,(H,23,27). The number of nitrogens with zero attached hydrogens (tertiary/aromatic N) is 3. The molecule has 2 aromatic heterocycles. The molecule has 1 saturated carbocycles. The van der Waals surface area contributed by atoms with Crippen molar-refractivity contribution in [2.75, 3.05) is 0 Å². The van der Waals surface area contributed by atoms with Crippen molar-refractivity contribution in [1.29, 1.82) is 0 Å². The molecule has 0 spiro atoms. The first-order valence-corrected chi connectivity index (χ1v) is 9.08. The predicted octanol–water partition coefficient (Wildman–Crippen LogP) is 4.66. The van der Waals surface area contributed by atoms with Crippen LogP contribution >= 0.6 is 0 Å². The summed E-state index contributed by atoms with van der Waals surface area (Å²) < 4.78 is 28.6. The lowest BCUT2D eigenvalue weighted by Crippen LogP contribution is -2.13. The summed E-state index contributed by atoms with van der Waals surface area (Å²) in [5, 5.41) is 4.56. The van der Waals surface area contributed by atoms with E-state index < -0.39 is 6.43 Å². The van der Waals surface area contributed by atoms with Crippen LogP contribution in [0.15, 0.2) is 41.3 Å². The minimum Gasteiger partial charge on any atom is -0.364 e. The molecule has 1 N–H and O–H groups in total. The van der Waals surface area contributed by atoms with Gasteiger partial charge in [-0.25, -0.2) is 18.4 Å². The second kappa shape index (κ2) is 7.06. The second-order valence-electron chi connectivity index (χ2n) is 6.92. The van der Waals surface area contributed by atoms with E-state index in [9.17, 15) is 13.6 Å². The molecule has 0 saturated heterocycles. The molecule has 1 fully saturated rings. The first-order valence-electron chi connectivity index (χ1n) is 9.08. The van der Waals surface area contributed by atoms with Gasteiger partial charge in [0.1, 0.15) is 0 Å². The first kappa shape index (κ1) is 17.6. The largest absolute Gasteiger partial charge is 0.364 e. The minimum atomic E-state index is -2.62. The number of nitrogens with one attached hydrogen (secondary N) is 1. The van der Waals surface area contributed by atoms with Crippen molar-refractivity contribution in [1.82, 2.24) is 19.7 Å². The van der Waals surface area contributed by atoms with Crippen molar-refractivity contribution in [3.8, 4) is 22.8 Å². The number of benzene rings is 1. The van der Waals surface area contributed by atoms with Crippen LogP contribution < -0.4 is 5.43 Å². The van der Waals surface area contributed by atoms with E-state index in [2.05, 4.69) is 15.1 Å². The SMILES string of the molecule is Cc1cc(=O)c(-c2nc(-c3ccccc3C(F)F)nn2C2CCCC2)c[nH]1. The Labute approximate surface area is 155 Å². The van der Waals surface area contributed by atoms with E-state index in [1.807, 2.05) is 0 Å². The van der Waals surface area contributed by atoms with Crippen LogP contribution in [0.4, 0.5) is 8.78 Å². The Morgan fingerprint density at radius 1 is 1.19 bits per heavy atom. The average Bonchev–Trinajstić information content (AvgIpc) is 3.31. The topological polar surface area (TPSA) is 63.6 Å². The van der Waals surface area contributed by atoms with Crippen LogP contribution in [0.5, 0.6) is 0 Å². The Morgan fingerprint density at radius 2 is 1.93 bits per heavy atom. The molecule has 0 aliphatic heterocycles. The number of aromatic nitrogens is 4. The van der Waals surface area contributed by atoms with Crippen molar-refractivity contribution < 1.29 is 8.78 Å². The number of rotatable bonds is 4. The fourth-order valence-electron chi connectivity index (χ4n) is 3.66. The third kappa shape index (κ3) is 3.29. The quantitative estimate of drug-likeness (QED) is 0.726. The van der Waals surface area contributed by atoms with Gasteiger partial charge in [-0.3, -0.25) is 4.79 Å². The number of aromatic amines is 1. The zero-order chi connectivity index (χ0) is 19.0. The lowest BCUT2D eigenvalue weighted by Gasteiger charge is -2.12. The van der Waals surface area contributed by atoms with Gasteiger partial charge in [-0.05, 0) is 19.8 Å². The lowest BCUT2D eigenvalue weighted by molar-refractivity contribution is 0.152. The molecule has 2 heterocycles. The molecule has 0 radical (unpaired) electrons. The van der Waals surface area contributed by atoms with E-state index in [-0.39, 0.29) is 22.9 Å². The van der Waals surface area contributed by atoms with Crippen molar-refractivity contribution in [3.63, 3.8) is 0 Å². The maximum absolute atomic E-state index is 13.4. The smallest absolute Gasteiger partial charge is 0.264 e. The molecule has 0 atom stereocenters. The van der Waals surface area contributed by atoms with Crippen LogP contribution in [0.25, 0.3) is 22.8 Å². The van der Waals surface area contributed by atoms with E-state index in [1.54, 1.807) is 36.0 Å². The van der Waals surface area contributed by atoms with Crippen LogP contribution in [0.1, 0.15) is 49.4 Å². The molecule has 3 aromatic rings. The third-order valence-corrected chi connectivity index (χ3v) is 5.04. The highest BCUT2D eigenvalue weighted by Gasteiger charge is 2.26. The molecule has 1 aliphatic carbocycles. The van der Waals surface area contributed by atoms with Gasteiger partial charge in [-0.15, -0.1) is 0 Å². The average molecular weight is 370 g/mol. The molecule has 0 unspecified atom stereocenters. The number of hydrogen-bond acceptors (Lipinski definition) is 3. The molecular weight excluding hydrogens is 350 g/mol. The summed E-state index contributed by atoms with van der Waals surface area (Å²) in [5.41, 5.74) is 1.19. The normalized spacial score (nSPS) is 15.0. The summed E-state index contributed by atoms with van der Waals surface area (Å²) in [6, 6.07) is 7.88. The Kier molecular flexibility index (Phi) is 4.59. The number of aryl methyl sites for hydroxylation is 1. The van der Waals surface area contributed by atoms with Crippen LogP contribution in [-0.4, -0.2) is 19.7 Å². The summed E-state index contributed by atoms with van der Waals surface area (Å²) >= 11 is 0. The fourth-order valence-corrected chi connectivity index (χ4v) is 3.66. The van der Waals surface area contributed by atoms with Gasteiger partial charge in [0.25, 0.3) is 6.43 Å². The van der Waals surface area contributed by atoms with Gasteiger partial charge in [0.05, 0.1) is 11.6 Å². The highest BCUT2D eigenvalue weighted by Crippen LogP contribution is 2.35. The number of hydrogen-bond donors (Lipinski definition) is 1. The maximum atomic E-state index is 13.4. The number of alkyl halides is 2. The van der Waals surface area contributed by atoms with Gasteiger partial charge >= 0.3 is 0 Å². The molecule has 1 aliphatic rings. The highest BCUT2D eigenvalue weighted by atomic mass is 19.3. The Bertz CT molecular complexity index is 1020. The van der Waals surface area contributed by atoms with E-state index in [4.69, 9.17) is 0 Å². The molecule has 5 nitrogen and oxygen atoms in total. The summed E-state index contributed by atoms with van der Waals surface area (Å²) in [5.74, 6) is 0.662. The zero-order valence-electron chi connectivity index (χ0n) is 15.0. The highest BCUT2D eigenvalue weighted by molar-refractivity contribution is 5.64. The van der Waals surface area contributed by atoms with Gasteiger partial charge in [0, 0.05) is 29.1 Å². The van der Waals surface area contributed by atoms with Crippen LogP contribution in [-0.2, 0) is 0 Å². The Balaban J connectivity index is 1.90. The van der Waals surface area contributed by atoms with Gasteiger partial charge in [-0.1, -0.05) is 37.1 Å². The van der Waals surface area contributed by atoms with Crippen molar-refractivity contribution in [3.05, 3.63) is 58.0 Å². The van der Waals surface area contributed by atoms with Crippen LogP contribution in [0, 0.1) is 6.92 Å². The first-order chi connectivity index (χ1) is 13.0. The van der Waals surface area contributed by atoms with Gasteiger partial charge in [0.2, 0.25) is 0 Å². The zero-order valence-corrected chi connectivity index (χ0v) is 15.0. The summed E-state index contributed by atoms with van der Waals surface area (Å²) in [7, 11) is 0. The molecule has 1 aromatic carbocycles. The van der Waals surface area contributed by atoms with Gasteiger partial charge < -0.3 is 4.98 Å². The number of pyridine rings is 1. The lowest BCUT2D eigenvalue weighted by atomic mass is 10.1. The molecule has 0 bridgehead atoms. The van der Waals surface area contributed by atoms with Crippen molar-refractivity contribution in [2.24, 2.45) is 0 Å². The van der Waals surface area contributed by atoms with Crippen molar-refractivity contribution in [2.45, 2.75) is 45.1 Å². The van der Waals surface area contributed by atoms with E-state index in [0.717, 1.165) is 31.4 Å². The molecule has 27 heavy (non-hydrogen) atoms. The molecular formula is C20H20F2N4O. The predicted molar refractivity (Wildman–Crippen MR) is 98.7 cm³/mol. The summed E-state index contributed by atoms with van der Waals surface area (Å²) in [4.78, 5) is 20.1. The fraction of sp³-hybridized carbons (Fsp3) is 0.350. The Hall–Kier alpha value is -2.83. The van der Waals surface area contributed by atoms with E-state index in [1.165, 1.54) is 12.1 Å². The minimum absolute atomic E-state index is 0.106. The Morgan fingerprint density at radius 3 is 2.63 bits per heavy atom.